The molecular formula is C15H25N5O3. The van der Waals surface area contributed by atoms with E-state index in [9.17, 15) is 4.79 Å². The molecule has 0 aromatic carbocycles. The molecule has 0 saturated carbocycles. The first-order chi connectivity index (χ1) is 11.1. The van der Waals surface area contributed by atoms with E-state index in [2.05, 4.69) is 15.0 Å². The van der Waals surface area contributed by atoms with Crippen molar-refractivity contribution < 1.29 is 14.1 Å². The summed E-state index contributed by atoms with van der Waals surface area (Å²) in [5.74, 6) is 1.51. The second-order valence-electron chi connectivity index (χ2n) is 6.40. The molecule has 3 heterocycles. The van der Waals surface area contributed by atoms with Crippen molar-refractivity contribution in [3.63, 3.8) is 0 Å². The summed E-state index contributed by atoms with van der Waals surface area (Å²) >= 11 is 0. The summed E-state index contributed by atoms with van der Waals surface area (Å²) in [5.41, 5.74) is 0. The molecule has 0 N–H and O–H groups in total. The van der Waals surface area contributed by atoms with Gasteiger partial charge in [-0.2, -0.15) is 4.98 Å². The van der Waals surface area contributed by atoms with Crippen LogP contribution in [0.4, 0.5) is 4.79 Å². The Bertz CT molecular complexity index is 527. The van der Waals surface area contributed by atoms with Gasteiger partial charge in [0, 0.05) is 40.3 Å². The molecule has 1 unspecified atom stereocenters. The molecule has 1 aromatic rings. The van der Waals surface area contributed by atoms with Gasteiger partial charge in [-0.3, -0.25) is 4.90 Å². The molecule has 0 radical (unpaired) electrons. The molecule has 8 nitrogen and oxygen atoms in total. The largest absolute Gasteiger partial charge is 0.379 e. The van der Waals surface area contributed by atoms with E-state index in [4.69, 9.17) is 9.26 Å². The zero-order valence-corrected chi connectivity index (χ0v) is 13.9. The van der Waals surface area contributed by atoms with E-state index in [0.717, 1.165) is 51.5 Å². The van der Waals surface area contributed by atoms with E-state index in [1.807, 2.05) is 4.90 Å². The first-order valence-electron chi connectivity index (χ1n) is 8.22. The van der Waals surface area contributed by atoms with E-state index < -0.39 is 0 Å². The Hall–Kier alpha value is -1.67. The third kappa shape index (κ3) is 4.00. The van der Waals surface area contributed by atoms with Crippen molar-refractivity contribution in [2.24, 2.45) is 0 Å². The Morgan fingerprint density at radius 3 is 2.83 bits per heavy atom. The molecule has 0 bridgehead atoms. The van der Waals surface area contributed by atoms with Crippen molar-refractivity contribution in [3.05, 3.63) is 11.7 Å². The lowest BCUT2D eigenvalue weighted by Gasteiger charge is -2.32. The predicted octanol–water partition coefficient (Wildman–Crippen LogP) is 0.763. The first-order valence-corrected chi connectivity index (χ1v) is 8.22. The molecule has 1 atom stereocenters. The molecule has 8 heteroatoms. The van der Waals surface area contributed by atoms with Crippen LogP contribution < -0.4 is 0 Å². The van der Waals surface area contributed by atoms with Gasteiger partial charge in [0.25, 0.3) is 0 Å². The van der Waals surface area contributed by atoms with Crippen molar-refractivity contribution in [1.29, 1.82) is 0 Å². The summed E-state index contributed by atoms with van der Waals surface area (Å²) in [4.78, 5) is 22.4. The lowest BCUT2D eigenvalue weighted by Crippen LogP contribution is -2.44. The van der Waals surface area contributed by atoms with Crippen molar-refractivity contribution in [3.8, 4) is 0 Å². The molecule has 2 amide bonds. The van der Waals surface area contributed by atoms with Gasteiger partial charge in [-0.05, 0) is 12.8 Å². The van der Waals surface area contributed by atoms with Gasteiger partial charge in [-0.25, -0.2) is 4.79 Å². The Morgan fingerprint density at radius 2 is 2.09 bits per heavy atom. The van der Waals surface area contributed by atoms with E-state index in [1.165, 1.54) is 0 Å². The fraction of sp³-hybridized carbons (Fsp3) is 0.800. The maximum absolute atomic E-state index is 12.1. The summed E-state index contributed by atoms with van der Waals surface area (Å²) < 4.78 is 10.8. The van der Waals surface area contributed by atoms with Gasteiger partial charge in [0.05, 0.1) is 25.7 Å². The minimum atomic E-state index is 0.0442. The lowest BCUT2D eigenvalue weighted by molar-refractivity contribution is 0.0327. The van der Waals surface area contributed by atoms with Crippen molar-refractivity contribution in [2.45, 2.75) is 25.3 Å². The number of hydrogen-bond acceptors (Lipinski definition) is 6. The van der Waals surface area contributed by atoms with Crippen LogP contribution in [0.3, 0.4) is 0 Å². The van der Waals surface area contributed by atoms with Crippen LogP contribution in [0.5, 0.6) is 0 Å². The first kappa shape index (κ1) is 16.2. The highest BCUT2D eigenvalue weighted by Gasteiger charge is 2.29. The Kier molecular flexibility index (Phi) is 5.12. The standard InChI is InChI=1S/C15H25N5O3/c1-18(2)15(21)20-5-3-4-12(10-20)14-16-13(17-23-14)11-19-6-8-22-9-7-19/h12H,3-11H2,1-2H3. The number of nitrogens with zero attached hydrogens (tertiary/aromatic N) is 5. The third-order valence-electron chi connectivity index (χ3n) is 4.38. The van der Waals surface area contributed by atoms with Crippen LogP contribution in [0.2, 0.25) is 0 Å². The predicted molar refractivity (Wildman–Crippen MR) is 83.0 cm³/mol. The molecule has 0 aliphatic carbocycles. The number of amides is 2. The SMILES string of the molecule is CN(C)C(=O)N1CCCC(c2nc(CN3CCOCC3)no2)C1. The number of piperidine rings is 1. The number of morpholine rings is 1. The summed E-state index contributed by atoms with van der Waals surface area (Å²) in [7, 11) is 3.55. The molecule has 23 heavy (non-hydrogen) atoms. The lowest BCUT2D eigenvalue weighted by atomic mass is 9.98. The number of aromatic nitrogens is 2. The molecule has 1 aromatic heterocycles. The van der Waals surface area contributed by atoms with Crippen LogP contribution in [-0.4, -0.2) is 84.4 Å². The Labute approximate surface area is 136 Å². The smallest absolute Gasteiger partial charge is 0.319 e. The normalized spacial score (nSPS) is 23.0. The fourth-order valence-electron chi connectivity index (χ4n) is 3.09. The molecule has 2 aliphatic rings. The molecule has 2 saturated heterocycles. The molecule has 0 spiro atoms. The van der Waals surface area contributed by atoms with Crippen LogP contribution in [0, 0.1) is 0 Å². The van der Waals surface area contributed by atoms with Crippen LogP contribution in [-0.2, 0) is 11.3 Å². The average Bonchev–Trinajstić information content (AvgIpc) is 3.03. The number of carbonyl (C=O) groups excluding carboxylic acids is 1. The second-order valence-corrected chi connectivity index (χ2v) is 6.40. The monoisotopic (exact) mass is 323 g/mol. The minimum absolute atomic E-state index is 0.0442. The molecule has 128 valence electrons. The van der Waals surface area contributed by atoms with Gasteiger partial charge in [-0.1, -0.05) is 5.16 Å². The quantitative estimate of drug-likeness (QED) is 0.818. The van der Waals surface area contributed by atoms with E-state index in [-0.39, 0.29) is 11.9 Å². The number of hydrogen-bond donors (Lipinski definition) is 0. The summed E-state index contributed by atoms with van der Waals surface area (Å²) in [5, 5.41) is 4.11. The third-order valence-corrected chi connectivity index (χ3v) is 4.38. The highest BCUT2D eigenvalue weighted by Crippen LogP contribution is 2.26. The van der Waals surface area contributed by atoms with Crippen LogP contribution >= 0.6 is 0 Å². The highest BCUT2D eigenvalue weighted by molar-refractivity contribution is 5.74. The van der Waals surface area contributed by atoms with Crippen LogP contribution in [0.25, 0.3) is 0 Å². The minimum Gasteiger partial charge on any atom is -0.379 e. The van der Waals surface area contributed by atoms with Crippen LogP contribution in [0.15, 0.2) is 4.52 Å². The van der Waals surface area contributed by atoms with Crippen molar-refractivity contribution in [2.75, 3.05) is 53.5 Å². The van der Waals surface area contributed by atoms with Gasteiger partial charge in [0.15, 0.2) is 5.82 Å². The van der Waals surface area contributed by atoms with E-state index in [1.54, 1.807) is 19.0 Å². The summed E-state index contributed by atoms with van der Waals surface area (Å²) in [6.07, 6.45) is 1.95. The molecular weight excluding hydrogens is 298 g/mol. The number of likely N-dealkylation sites (tertiary alicyclic amines) is 1. The fourth-order valence-corrected chi connectivity index (χ4v) is 3.09. The molecule has 3 rings (SSSR count). The Balaban J connectivity index is 1.59. The van der Waals surface area contributed by atoms with Gasteiger partial charge in [0.2, 0.25) is 5.89 Å². The Morgan fingerprint density at radius 1 is 1.30 bits per heavy atom. The molecule has 2 aliphatic heterocycles. The summed E-state index contributed by atoms with van der Waals surface area (Å²) in [6, 6.07) is 0.0442. The number of urea groups is 1. The zero-order chi connectivity index (χ0) is 16.2. The van der Waals surface area contributed by atoms with Gasteiger partial charge in [0.1, 0.15) is 0 Å². The van der Waals surface area contributed by atoms with Gasteiger partial charge >= 0.3 is 6.03 Å². The zero-order valence-electron chi connectivity index (χ0n) is 13.9. The number of rotatable bonds is 3. The summed E-state index contributed by atoms with van der Waals surface area (Å²) in [6.45, 7) is 5.46. The van der Waals surface area contributed by atoms with Gasteiger partial charge in [-0.15, -0.1) is 0 Å². The van der Waals surface area contributed by atoms with E-state index in [0.29, 0.717) is 19.0 Å². The maximum Gasteiger partial charge on any atom is 0.319 e. The van der Waals surface area contributed by atoms with E-state index >= 15 is 0 Å². The average molecular weight is 323 g/mol. The van der Waals surface area contributed by atoms with Crippen LogP contribution in [0.1, 0.15) is 30.5 Å². The number of carbonyl (C=O) groups is 1. The maximum atomic E-state index is 12.1. The van der Waals surface area contributed by atoms with Gasteiger partial charge < -0.3 is 19.1 Å². The highest BCUT2D eigenvalue weighted by atomic mass is 16.5. The topological polar surface area (TPSA) is 74.9 Å². The second kappa shape index (κ2) is 7.27. The molecule has 2 fully saturated rings. The van der Waals surface area contributed by atoms with Crippen molar-refractivity contribution in [1.82, 2.24) is 24.8 Å². The number of ether oxygens (including phenoxy) is 1. The van der Waals surface area contributed by atoms with Crippen molar-refractivity contribution >= 4 is 6.03 Å².